The van der Waals surface area contributed by atoms with E-state index in [4.69, 9.17) is 4.74 Å². The molecular formula is C15H18O4. The molecule has 0 amide bonds. The molecule has 4 nitrogen and oxygen atoms in total. The van der Waals surface area contributed by atoms with E-state index in [0.29, 0.717) is 5.57 Å². The van der Waals surface area contributed by atoms with Crippen LogP contribution in [0.25, 0.3) is 0 Å². The zero-order valence-electron chi connectivity index (χ0n) is 11.2. The molecule has 0 aromatic heterocycles. The lowest BCUT2D eigenvalue weighted by Gasteiger charge is -2.25. The van der Waals surface area contributed by atoms with Crippen molar-refractivity contribution in [3.05, 3.63) is 22.8 Å². The van der Waals surface area contributed by atoms with E-state index < -0.39 is 0 Å². The Morgan fingerprint density at radius 1 is 1.42 bits per heavy atom. The normalized spacial score (nSPS) is 37.7. The lowest BCUT2D eigenvalue weighted by atomic mass is 9.81. The van der Waals surface area contributed by atoms with Gasteiger partial charge in [-0.1, -0.05) is 12.5 Å². The van der Waals surface area contributed by atoms with Crippen LogP contribution in [0.4, 0.5) is 0 Å². The molecule has 3 aliphatic rings. The van der Waals surface area contributed by atoms with Gasteiger partial charge in [0.15, 0.2) is 5.78 Å². The summed E-state index contributed by atoms with van der Waals surface area (Å²) in [6, 6.07) is 0. The van der Waals surface area contributed by atoms with E-state index in [2.05, 4.69) is 0 Å². The van der Waals surface area contributed by atoms with Gasteiger partial charge in [0, 0.05) is 17.4 Å². The van der Waals surface area contributed by atoms with E-state index in [1.165, 1.54) is 6.08 Å². The second-order valence-corrected chi connectivity index (χ2v) is 5.81. The van der Waals surface area contributed by atoms with Crippen molar-refractivity contribution >= 4 is 11.8 Å². The third-order valence-electron chi connectivity index (χ3n) is 4.80. The summed E-state index contributed by atoms with van der Waals surface area (Å²) in [5, 5.41) is 9.47. The van der Waals surface area contributed by atoms with Gasteiger partial charge >= 0.3 is 5.97 Å². The van der Waals surface area contributed by atoms with Crippen molar-refractivity contribution in [3.63, 3.8) is 0 Å². The molecule has 3 rings (SSSR count). The van der Waals surface area contributed by atoms with Crippen LogP contribution in [0.5, 0.6) is 0 Å². The lowest BCUT2D eigenvalue weighted by molar-refractivity contribution is -0.145. The first-order chi connectivity index (χ1) is 9.04. The van der Waals surface area contributed by atoms with Crippen molar-refractivity contribution in [1.82, 2.24) is 0 Å². The van der Waals surface area contributed by atoms with Crippen LogP contribution >= 0.6 is 0 Å². The third-order valence-corrected chi connectivity index (χ3v) is 4.80. The van der Waals surface area contributed by atoms with Gasteiger partial charge in [0.25, 0.3) is 0 Å². The van der Waals surface area contributed by atoms with Crippen LogP contribution in [-0.4, -0.2) is 29.6 Å². The summed E-state index contributed by atoms with van der Waals surface area (Å²) < 4.78 is 5.52. The minimum Gasteiger partial charge on any atom is -0.461 e. The Morgan fingerprint density at radius 2 is 2.16 bits per heavy atom. The molecule has 4 heteroatoms. The summed E-state index contributed by atoms with van der Waals surface area (Å²) in [6.07, 6.45) is 2.93. The minimum absolute atomic E-state index is 0.0252. The van der Waals surface area contributed by atoms with Crippen molar-refractivity contribution < 1.29 is 19.4 Å². The third kappa shape index (κ3) is 1.70. The highest BCUT2D eigenvalue weighted by Crippen LogP contribution is 2.47. The first kappa shape index (κ1) is 12.6. The number of carbonyl (C=O) groups excluding carboxylic acids is 2. The van der Waals surface area contributed by atoms with Crippen molar-refractivity contribution in [2.75, 3.05) is 6.61 Å². The zero-order chi connectivity index (χ0) is 13.7. The van der Waals surface area contributed by atoms with Gasteiger partial charge in [-0.2, -0.15) is 0 Å². The largest absolute Gasteiger partial charge is 0.461 e. The average molecular weight is 262 g/mol. The zero-order valence-corrected chi connectivity index (χ0v) is 11.2. The Morgan fingerprint density at radius 3 is 2.84 bits per heavy atom. The summed E-state index contributed by atoms with van der Waals surface area (Å²) >= 11 is 0. The van der Waals surface area contributed by atoms with E-state index >= 15 is 0 Å². The summed E-state index contributed by atoms with van der Waals surface area (Å²) in [4.78, 5) is 23.9. The Bertz CT molecular complexity index is 514. The van der Waals surface area contributed by atoms with Crippen LogP contribution in [0.2, 0.25) is 0 Å². The van der Waals surface area contributed by atoms with Crippen LogP contribution in [0.15, 0.2) is 22.8 Å². The highest BCUT2D eigenvalue weighted by Gasteiger charge is 2.51. The molecule has 1 fully saturated rings. The van der Waals surface area contributed by atoms with Crippen LogP contribution in [-0.2, 0) is 14.3 Å². The Balaban J connectivity index is 2.07. The molecule has 19 heavy (non-hydrogen) atoms. The maximum atomic E-state index is 12.1. The molecule has 0 bridgehead atoms. The van der Waals surface area contributed by atoms with Gasteiger partial charge < -0.3 is 9.84 Å². The molecule has 1 aliphatic heterocycles. The van der Waals surface area contributed by atoms with Crippen LogP contribution < -0.4 is 0 Å². The van der Waals surface area contributed by atoms with Crippen LogP contribution in [0.3, 0.4) is 0 Å². The van der Waals surface area contributed by atoms with E-state index in [9.17, 15) is 14.7 Å². The number of esters is 1. The number of hydrogen-bond donors (Lipinski definition) is 1. The fraction of sp³-hybridized carbons (Fsp3) is 0.600. The summed E-state index contributed by atoms with van der Waals surface area (Å²) in [6.45, 7) is 3.72. The van der Waals surface area contributed by atoms with Crippen LogP contribution in [0.1, 0.15) is 26.7 Å². The summed E-state index contributed by atoms with van der Waals surface area (Å²) in [7, 11) is 0. The molecule has 0 aromatic carbocycles. The highest BCUT2D eigenvalue weighted by molar-refractivity contribution is 6.09. The molecule has 0 radical (unpaired) electrons. The number of allylic oxidation sites excluding steroid dienone is 2. The number of ketones is 1. The Hall–Kier alpha value is -1.42. The highest BCUT2D eigenvalue weighted by atomic mass is 16.6. The molecule has 2 aliphatic carbocycles. The molecule has 1 N–H and O–H groups in total. The Labute approximate surface area is 112 Å². The standard InChI is InChI=1S/C15H18O4/c1-7-3-4-10-8(2)15(18)19-14(10)13-9(6-16)5-11(17)12(7)13/h5,8,10,13-14,16H,3-4,6H2,1-2H3/t8?,10?,13?,14-/m0/s1. The van der Waals surface area contributed by atoms with Crippen molar-refractivity contribution in [2.24, 2.45) is 17.8 Å². The van der Waals surface area contributed by atoms with Crippen molar-refractivity contribution in [1.29, 1.82) is 0 Å². The van der Waals surface area contributed by atoms with E-state index in [1.807, 2.05) is 13.8 Å². The van der Waals surface area contributed by atoms with Gasteiger partial charge in [-0.3, -0.25) is 9.59 Å². The number of ether oxygens (including phenoxy) is 1. The molecule has 0 aromatic rings. The molecule has 1 saturated heterocycles. The molecule has 4 atom stereocenters. The summed E-state index contributed by atoms with van der Waals surface area (Å²) in [5.41, 5.74) is 2.52. The second kappa shape index (κ2) is 4.30. The fourth-order valence-corrected chi connectivity index (χ4v) is 3.71. The van der Waals surface area contributed by atoms with Gasteiger partial charge in [-0.25, -0.2) is 0 Å². The van der Waals surface area contributed by atoms with Gasteiger partial charge in [0.1, 0.15) is 6.10 Å². The SMILES string of the molecule is CC1=C2C(=O)C=C(CO)C2[C@H]2OC(=O)C(C)C2CC1. The summed E-state index contributed by atoms with van der Waals surface area (Å²) in [5.74, 6) is -0.397. The van der Waals surface area contributed by atoms with E-state index in [-0.39, 0.29) is 42.2 Å². The molecule has 0 spiro atoms. The number of hydrogen-bond acceptors (Lipinski definition) is 4. The topological polar surface area (TPSA) is 63.6 Å². The number of aliphatic hydroxyl groups excluding tert-OH is 1. The molecule has 3 unspecified atom stereocenters. The first-order valence-electron chi connectivity index (χ1n) is 6.80. The van der Waals surface area contributed by atoms with Gasteiger partial charge in [-0.15, -0.1) is 0 Å². The Kier molecular flexibility index (Phi) is 2.86. The maximum absolute atomic E-state index is 12.1. The lowest BCUT2D eigenvalue weighted by Crippen LogP contribution is -2.29. The van der Waals surface area contributed by atoms with Crippen molar-refractivity contribution in [3.8, 4) is 0 Å². The fourth-order valence-electron chi connectivity index (χ4n) is 3.71. The predicted molar refractivity (Wildman–Crippen MR) is 68.1 cm³/mol. The van der Waals surface area contributed by atoms with Gasteiger partial charge in [0.2, 0.25) is 0 Å². The average Bonchev–Trinajstić information content (AvgIpc) is 2.80. The minimum atomic E-state index is -0.278. The van der Waals surface area contributed by atoms with Crippen molar-refractivity contribution in [2.45, 2.75) is 32.8 Å². The first-order valence-corrected chi connectivity index (χ1v) is 6.80. The number of carbonyl (C=O) groups is 2. The molecular weight excluding hydrogens is 244 g/mol. The van der Waals surface area contributed by atoms with Gasteiger partial charge in [-0.05, 0) is 31.4 Å². The number of aliphatic hydroxyl groups is 1. The number of fused-ring (bicyclic) bond motifs is 3. The monoisotopic (exact) mass is 262 g/mol. The molecule has 1 heterocycles. The molecule has 102 valence electrons. The van der Waals surface area contributed by atoms with E-state index in [1.54, 1.807) is 0 Å². The number of rotatable bonds is 1. The smallest absolute Gasteiger partial charge is 0.309 e. The predicted octanol–water partition coefficient (Wildman–Crippen LogP) is 1.39. The van der Waals surface area contributed by atoms with E-state index in [0.717, 1.165) is 24.0 Å². The quantitative estimate of drug-likeness (QED) is 0.725. The molecule has 0 saturated carbocycles. The second-order valence-electron chi connectivity index (χ2n) is 5.81. The maximum Gasteiger partial charge on any atom is 0.309 e. The van der Waals surface area contributed by atoms with Gasteiger partial charge in [0.05, 0.1) is 12.5 Å². The van der Waals surface area contributed by atoms with Crippen LogP contribution in [0, 0.1) is 17.8 Å².